The molecule has 1 aliphatic rings. The van der Waals surface area contributed by atoms with Crippen LogP contribution in [0.15, 0.2) is 48.5 Å². The molecular formula is C24H32N2O. The summed E-state index contributed by atoms with van der Waals surface area (Å²) in [5.41, 5.74) is 5.15. The molecule has 0 radical (unpaired) electrons. The molecule has 1 N–H and O–H groups in total. The van der Waals surface area contributed by atoms with E-state index in [0.717, 1.165) is 19.4 Å². The van der Waals surface area contributed by atoms with Gasteiger partial charge >= 0.3 is 0 Å². The van der Waals surface area contributed by atoms with Gasteiger partial charge in [0.1, 0.15) is 0 Å². The Bertz CT molecular complexity index is 717. The van der Waals surface area contributed by atoms with Crippen LogP contribution in [0.4, 0.5) is 0 Å². The molecule has 144 valence electrons. The van der Waals surface area contributed by atoms with Crippen LogP contribution in [-0.2, 0) is 30.7 Å². The number of carbonyl (C=O) groups excluding carboxylic acids is 1. The molecule has 0 saturated carbocycles. The normalized spacial score (nSPS) is 14.9. The van der Waals surface area contributed by atoms with Gasteiger partial charge < -0.3 is 5.32 Å². The predicted octanol–water partition coefficient (Wildman–Crippen LogP) is 4.48. The molecule has 2 aromatic carbocycles. The Morgan fingerprint density at radius 2 is 1.59 bits per heavy atom. The number of amides is 1. The summed E-state index contributed by atoms with van der Waals surface area (Å²) in [6.45, 7) is 6.16. The van der Waals surface area contributed by atoms with Crippen LogP contribution >= 0.6 is 0 Å². The van der Waals surface area contributed by atoms with Gasteiger partial charge in [0.05, 0.1) is 0 Å². The van der Waals surface area contributed by atoms with Crippen LogP contribution in [0.3, 0.4) is 0 Å². The highest BCUT2D eigenvalue weighted by atomic mass is 16.1. The van der Waals surface area contributed by atoms with Gasteiger partial charge in [-0.25, -0.2) is 0 Å². The first-order valence-corrected chi connectivity index (χ1v) is 10.4. The van der Waals surface area contributed by atoms with Crippen molar-refractivity contribution < 1.29 is 4.79 Å². The number of aryl methyl sites for hydroxylation is 2. The van der Waals surface area contributed by atoms with Gasteiger partial charge in [0.25, 0.3) is 0 Å². The summed E-state index contributed by atoms with van der Waals surface area (Å²) in [6.07, 6.45) is 6.36. The second-order valence-corrected chi connectivity index (χ2v) is 7.55. The first-order chi connectivity index (χ1) is 13.2. The number of piperidine rings is 1. The fourth-order valence-corrected chi connectivity index (χ4v) is 3.72. The van der Waals surface area contributed by atoms with Crippen LogP contribution in [0.1, 0.15) is 54.9 Å². The minimum Gasteiger partial charge on any atom is -0.352 e. The molecule has 0 aromatic heterocycles. The van der Waals surface area contributed by atoms with Gasteiger partial charge in [-0.1, -0.05) is 61.9 Å². The first kappa shape index (κ1) is 19.6. The zero-order valence-electron chi connectivity index (χ0n) is 16.5. The molecule has 0 unspecified atom stereocenters. The lowest BCUT2D eigenvalue weighted by Crippen LogP contribution is -2.30. The van der Waals surface area contributed by atoms with Crippen LogP contribution in [-0.4, -0.2) is 23.9 Å². The first-order valence-electron chi connectivity index (χ1n) is 10.4. The molecule has 0 bridgehead atoms. The molecule has 0 spiro atoms. The third-order valence-electron chi connectivity index (χ3n) is 5.51. The topological polar surface area (TPSA) is 32.3 Å². The minimum atomic E-state index is 0.127. The summed E-state index contributed by atoms with van der Waals surface area (Å²) in [5, 5.41) is 3.11. The van der Waals surface area contributed by atoms with Crippen LogP contribution in [0, 0.1) is 0 Å². The van der Waals surface area contributed by atoms with E-state index in [-0.39, 0.29) is 5.91 Å². The monoisotopic (exact) mass is 364 g/mol. The lowest BCUT2D eigenvalue weighted by atomic mass is 10.0. The van der Waals surface area contributed by atoms with Gasteiger partial charge in [0.15, 0.2) is 0 Å². The summed E-state index contributed by atoms with van der Waals surface area (Å²) in [7, 11) is 0. The van der Waals surface area contributed by atoms with E-state index >= 15 is 0 Å². The van der Waals surface area contributed by atoms with E-state index in [4.69, 9.17) is 0 Å². The molecule has 2 aromatic rings. The van der Waals surface area contributed by atoms with E-state index in [1.807, 2.05) is 0 Å². The van der Waals surface area contributed by atoms with Crippen LogP contribution in [0.25, 0.3) is 0 Å². The average molecular weight is 365 g/mol. The molecule has 1 fully saturated rings. The number of hydrogen-bond donors (Lipinski definition) is 1. The van der Waals surface area contributed by atoms with Gasteiger partial charge in [-0.05, 0) is 61.0 Å². The Labute approximate surface area is 163 Å². The van der Waals surface area contributed by atoms with Crippen LogP contribution < -0.4 is 5.32 Å². The number of nitrogens with zero attached hydrogens (tertiary/aromatic N) is 1. The van der Waals surface area contributed by atoms with Gasteiger partial charge in [-0.3, -0.25) is 9.69 Å². The number of rotatable bonds is 8. The van der Waals surface area contributed by atoms with Gasteiger partial charge in [0.2, 0.25) is 5.91 Å². The summed E-state index contributed by atoms with van der Waals surface area (Å²) in [5.74, 6) is 0.127. The number of hydrogen-bond acceptors (Lipinski definition) is 2. The minimum absolute atomic E-state index is 0.127. The summed E-state index contributed by atoms with van der Waals surface area (Å²) < 4.78 is 0. The quantitative estimate of drug-likeness (QED) is 0.749. The molecule has 1 saturated heterocycles. The maximum Gasteiger partial charge on any atom is 0.220 e. The predicted molar refractivity (Wildman–Crippen MR) is 112 cm³/mol. The van der Waals surface area contributed by atoms with E-state index in [1.165, 1.54) is 54.6 Å². The Morgan fingerprint density at radius 3 is 2.30 bits per heavy atom. The second kappa shape index (κ2) is 10.3. The SMILES string of the molecule is CCc1ccc(CCC(=O)NCc2ccccc2CN2CCCCC2)cc1. The van der Waals surface area contributed by atoms with Crippen molar-refractivity contribution in [1.82, 2.24) is 10.2 Å². The number of benzene rings is 2. The van der Waals surface area contributed by atoms with Gasteiger partial charge in [-0.2, -0.15) is 0 Å². The molecule has 1 aliphatic heterocycles. The Balaban J connectivity index is 1.47. The molecule has 1 heterocycles. The third kappa shape index (κ3) is 6.21. The largest absolute Gasteiger partial charge is 0.352 e. The zero-order chi connectivity index (χ0) is 18.9. The molecule has 3 heteroatoms. The second-order valence-electron chi connectivity index (χ2n) is 7.55. The number of nitrogens with one attached hydrogen (secondary N) is 1. The van der Waals surface area contributed by atoms with Crippen molar-refractivity contribution in [2.75, 3.05) is 13.1 Å². The number of likely N-dealkylation sites (tertiary alicyclic amines) is 1. The zero-order valence-corrected chi connectivity index (χ0v) is 16.5. The van der Waals surface area contributed by atoms with Crippen molar-refractivity contribution in [3.8, 4) is 0 Å². The molecule has 3 nitrogen and oxygen atoms in total. The van der Waals surface area contributed by atoms with E-state index in [9.17, 15) is 4.79 Å². The van der Waals surface area contributed by atoms with Crippen LogP contribution in [0.2, 0.25) is 0 Å². The van der Waals surface area contributed by atoms with Crippen molar-refractivity contribution in [3.63, 3.8) is 0 Å². The standard InChI is InChI=1S/C24H32N2O/c1-2-20-10-12-21(13-11-20)14-15-24(27)25-18-22-8-4-5-9-23(22)19-26-16-6-3-7-17-26/h4-5,8-13H,2-3,6-7,14-19H2,1H3,(H,25,27). The molecular weight excluding hydrogens is 332 g/mol. The van der Waals surface area contributed by atoms with Gasteiger partial charge in [0, 0.05) is 19.5 Å². The van der Waals surface area contributed by atoms with E-state index < -0.39 is 0 Å². The maximum absolute atomic E-state index is 12.3. The third-order valence-corrected chi connectivity index (χ3v) is 5.51. The lowest BCUT2D eigenvalue weighted by Gasteiger charge is -2.27. The van der Waals surface area contributed by atoms with E-state index in [0.29, 0.717) is 13.0 Å². The maximum atomic E-state index is 12.3. The van der Waals surface area contributed by atoms with Crippen molar-refractivity contribution in [3.05, 3.63) is 70.8 Å². The Hall–Kier alpha value is -2.13. The number of carbonyl (C=O) groups is 1. The fourth-order valence-electron chi connectivity index (χ4n) is 3.72. The fraction of sp³-hybridized carbons (Fsp3) is 0.458. The highest BCUT2D eigenvalue weighted by molar-refractivity contribution is 5.76. The smallest absolute Gasteiger partial charge is 0.220 e. The van der Waals surface area contributed by atoms with Crippen LogP contribution in [0.5, 0.6) is 0 Å². The molecule has 0 atom stereocenters. The molecule has 0 aliphatic carbocycles. The van der Waals surface area contributed by atoms with Crippen molar-refractivity contribution >= 4 is 5.91 Å². The van der Waals surface area contributed by atoms with Crippen molar-refractivity contribution in [1.29, 1.82) is 0 Å². The highest BCUT2D eigenvalue weighted by Crippen LogP contribution is 2.16. The van der Waals surface area contributed by atoms with E-state index in [2.05, 4.69) is 65.7 Å². The van der Waals surface area contributed by atoms with Crippen molar-refractivity contribution in [2.24, 2.45) is 0 Å². The Kier molecular flexibility index (Phi) is 7.46. The van der Waals surface area contributed by atoms with Gasteiger partial charge in [-0.15, -0.1) is 0 Å². The van der Waals surface area contributed by atoms with Crippen molar-refractivity contribution in [2.45, 2.75) is 58.5 Å². The summed E-state index contributed by atoms with van der Waals surface area (Å²) in [4.78, 5) is 14.8. The lowest BCUT2D eigenvalue weighted by molar-refractivity contribution is -0.121. The van der Waals surface area contributed by atoms with E-state index in [1.54, 1.807) is 0 Å². The molecule has 3 rings (SSSR count). The summed E-state index contributed by atoms with van der Waals surface area (Å²) in [6, 6.07) is 17.1. The Morgan fingerprint density at radius 1 is 0.926 bits per heavy atom. The molecule has 27 heavy (non-hydrogen) atoms. The molecule has 1 amide bonds. The average Bonchev–Trinajstić information content (AvgIpc) is 2.73. The highest BCUT2D eigenvalue weighted by Gasteiger charge is 2.12. The summed E-state index contributed by atoms with van der Waals surface area (Å²) >= 11 is 0.